The van der Waals surface area contributed by atoms with Crippen LogP contribution < -0.4 is 0 Å². The second-order valence-electron chi connectivity index (χ2n) is 5.49. The van der Waals surface area contributed by atoms with Crippen LogP contribution in [0.15, 0.2) is 0 Å². The molecule has 0 saturated carbocycles. The number of amides is 3. The zero-order chi connectivity index (χ0) is 16.3. The van der Waals surface area contributed by atoms with E-state index in [1.807, 2.05) is 4.90 Å². The fraction of sp³-hybridized carbons (Fsp3) is 0.714. The summed E-state index contributed by atoms with van der Waals surface area (Å²) in [6.07, 6.45) is 0.382. The third kappa shape index (κ3) is 3.44. The van der Waals surface area contributed by atoms with Gasteiger partial charge < -0.3 is 9.64 Å². The van der Waals surface area contributed by atoms with Crippen molar-refractivity contribution < 1.29 is 23.9 Å². The smallest absolute Gasteiger partial charge is 0.322 e. The standard InChI is InChI=1S/C14H21N3O5/c1-10(14(21)22-2)15-5-7-16(8-6-15)13(20)9-17-11(18)3-4-12(17)19/h10H,3-9H2,1-2H3/t10-/m0/s1. The van der Waals surface area contributed by atoms with Crippen LogP contribution in [0.1, 0.15) is 19.8 Å². The average molecular weight is 311 g/mol. The number of ether oxygens (including phenoxy) is 1. The Morgan fingerprint density at radius 2 is 1.64 bits per heavy atom. The molecule has 0 aliphatic carbocycles. The maximum atomic E-state index is 12.2. The van der Waals surface area contributed by atoms with E-state index in [0.29, 0.717) is 26.2 Å². The van der Waals surface area contributed by atoms with E-state index in [-0.39, 0.29) is 49.1 Å². The Labute approximate surface area is 129 Å². The Balaban J connectivity index is 1.83. The van der Waals surface area contributed by atoms with Crippen molar-refractivity contribution in [1.82, 2.24) is 14.7 Å². The van der Waals surface area contributed by atoms with Crippen LogP contribution >= 0.6 is 0 Å². The quantitative estimate of drug-likeness (QED) is 0.481. The highest BCUT2D eigenvalue weighted by atomic mass is 16.5. The van der Waals surface area contributed by atoms with E-state index >= 15 is 0 Å². The Bertz CT molecular complexity index is 469. The number of piperazine rings is 1. The van der Waals surface area contributed by atoms with Gasteiger partial charge >= 0.3 is 5.97 Å². The van der Waals surface area contributed by atoms with Gasteiger partial charge in [-0.05, 0) is 6.92 Å². The molecule has 0 unspecified atom stereocenters. The molecule has 8 nitrogen and oxygen atoms in total. The normalized spacial score (nSPS) is 21.2. The molecular formula is C14H21N3O5. The van der Waals surface area contributed by atoms with Crippen LogP contribution in [0.3, 0.4) is 0 Å². The molecule has 122 valence electrons. The summed E-state index contributed by atoms with van der Waals surface area (Å²) in [6.45, 7) is 3.65. The molecule has 0 aromatic heterocycles. The molecule has 2 heterocycles. The monoisotopic (exact) mass is 311 g/mol. The lowest BCUT2D eigenvalue weighted by molar-refractivity contribution is -0.149. The third-order valence-corrected chi connectivity index (χ3v) is 4.21. The van der Waals surface area contributed by atoms with Crippen molar-refractivity contribution in [3.05, 3.63) is 0 Å². The van der Waals surface area contributed by atoms with Gasteiger partial charge in [0.1, 0.15) is 12.6 Å². The van der Waals surface area contributed by atoms with Crippen molar-refractivity contribution in [2.24, 2.45) is 0 Å². The Kier molecular flexibility index (Phi) is 5.12. The summed E-state index contributed by atoms with van der Waals surface area (Å²) in [6, 6.07) is -0.344. The zero-order valence-corrected chi connectivity index (χ0v) is 12.9. The Morgan fingerprint density at radius 1 is 1.09 bits per heavy atom. The summed E-state index contributed by atoms with van der Waals surface area (Å²) in [5.74, 6) is -1.09. The number of nitrogens with zero attached hydrogens (tertiary/aromatic N) is 3. The van der Waals surface area contributed by atoms with Crippen molar-refractivity contribution in [3.8, 4) is 0 Å². The van der Waals surface area contributed by atoms with Crippen molar-refractivity contribution in [3.63, 3.8) is 0 Å². The predicted molar refractivity (Wildman–Crippen MR) is 75.6 cm³/mol. The first-order valence-electron chi connectivity index (χ1n) is 7.37. The predicted octanol–water partition coefficient (Wildman–Crippen LogP) is -1.16. The van der Waals surface area contributed by atoms with Gasteiger partial charge in [0.05, 0.1) is 7.11 Å². The highest BCUT2D eigenvalue weighted by molar-refractivity contribution is 6.04. The second kappa shape index (κ2) is 6.87. The van der Waals surface area contributed by atoms with Gasteiger partial charge in [0, 0.05) is 39.0 Å². The van der Waals surface area contributed by atoms with Crippen LogP contribution in [0.25, 0.3) is 0 Å². The molecule has 8 heteroatoms. The highest BCUT2D eigenvalue weighted by Gasteiger charge is 2.33. The molecule has 0 spiro atoms. The van der Waals surface area contributed by atoms with E-state index in [2.05, 4.69) is 0 Å². The zero-order valence-electron chi connectivity index (χ0n) is 12.9. The summed E-state index contributed by atoms with van der Waals surface area (Å²) in [5, 5.41) is 0. The maximum absolute atomic E-state index is 12.2. The number of hydrogen-bond donors (Lipinski definition) is 0. The molecule has 3 amide bonds. The number of rotatable bonds is 4. The van der Waals surface area contributed by atoms with Crippen molar-refractivity contribution in [2.45, 2.75) is 25.8 Å². The van der Waals surface area contributed by atoms with Gasteiger partial charge in [-0.2, -0.15) is 0 Å². The van der Waals surface area contributed by atoms with Gasteiger partial charge in [-0.1, -0.05) is 0 Å². The number of carbonyl (C=O) groups is 4. The maximum Gasteiger partial charge on any atom is 0.322 e. The molecule has 2 fully saturated rings. The molecule has 0 aromatic rings. The number of esters is 1. The van der Waals surface area contributed by atoms with Crippen LogP contribution in [0, 0.1) is 0 Å². The molecule has 2 rings (SSSR count). The number of imide groups is 1. The van der Waals surface area contributed by atoms with E-state index in [1.165, 1.54) is 7.11 Å². The number of likely N-dealkylation sites (tertiary alicyclic amines) is 1. The molecule has 2 aliphatic heterocycles. The lowest BCUT2D eigenvalue weighted by Gasteiger charge is -2.37. The van der Waals surface area contributed by atoms with Crippen molar-refractivity contribution >= 4 is 23.7 Å². The van der Waals surface area contributed by atoms with E-state index in [1.54, 1.807) is 11.8 Å². The lowest BCUT2D eigenvalue weighted by Crippen LogP contribution is -2.55. The lowest BCUT2D eigenvalue weighted by atomic mass is 10.2. The van der Waals surface area contributed by atoms with Crippen molar-refractivity contribution in [1.29, 1.82) is 0 Å². The van der Waals surface area contributed by atoms with E-state index in [4.69, 9.17) is 4.74 Å². The topological polar surface area (TPSA) is 87.2 Å². The minimum Gasteiger partial charge on any atom is -0.468 e. The Morgan fingerprint density at radius 3 is 2.14 bits per heavy atom. The summed E-state index contributed by atoms with van der Waals surface area (Å²) in [4.78, 5) is 51.3. The van der Waals surface area contributed by atoms with E-state index in [9.17, 15) is 19.2 Å². The Hall–Kier alpha value is -1.96. The van der Waals surface area contributed by atoms with Crippen LogP contribution in [0.2, 0.25) is 0 Å². The summed E-state index contributed by atoms with van der Waals surface area (Å²) < 4.78 is 4.71. The third-order valence-electron chi connectivity index (χ3n) is 4.21. The fourth-order valence-electron chi connectivity index (χ4n) is 2.71. The van der Waals surface area contributed by atoms with Crippen LogP contribution in [-0.2, 0) is 23.9 Å². The van der Waals surface area contributed by atoms with Crippen molar-refractivity contribution in [2.75, 3.05) is 39.8 Å². The minimum absolute atomic E-state index is 0.176. The van der Waals surface area contributed by atoms with Gasteiger partial charge in [0.15, 0.2) is 0 Å². The van der Waals surface area contributed by atoms with Gasteiger partial charge in [-0.3, -0.25) is 29.0 Å². The fourth-order valence-corrected chi connectivity index (χ4v) is 2.71. The average Bonchev–Trinajstić information content (AvgIpc) is 2.85. The number of hydrogen-bond acceptors (Lipinski definition) is 6. The molecule has 1 atom stereocenters. The summed E-state index contributed by atoms with van der Waals surface area (Å²) in [7, 11) is 1.35. The van der Waals surface area contributed by atoms with E-state index in [0.717, 1.165) is 4.90 Å². The van der Waals surface area contributed by atoms with Gasteiger partial charge in [0.2, 0.25) is 17.7 Å². The molecule has 22 heavy (non-hydrogen) atoms. The molecular weight excluding hydrogens is 290 g/mol. The van der Waals surface area contributed by atoms with Gasteiger partial charge in [-0.25, -0.2) is 0 Å². The van der Waals surface area contributed by atoms with Crippen LogP contribution in [0.4, 0.5) is 0 Å². The first-order valence-corrected chi connectivity index (χ1v) is 7.37. The van der Waals surface area contributed by atoms with Gasteiger partial charge in [-0.15, -0.1) is 0 Å². The first kappa shape index (κ1) is 16.4. The molecule has 0 radical (unpaired) electrons. The first-order chi connectivity index (χ1) is 10.4. The minimum atomic E-state index is -0.344. The van der Waals surface area contributed by atoms with Crippen LogP contribution in [-0.4, -0.2) is 84.3 Å². The van der Waals surface area contributed by atoms with Crippen LogP contribution in [0.5, 0.6) is 0 Å². The number of methoxy groups -OCH3 is 1. The summed E-state index contributed by atoms with van der Waals surface area (Å²) in [5.41, 5.74) is 0. The van der Waals surface area contributed by atoms with Gasteiger partial charge in [0.25, 0.3) is 0 Å². The molecule has 0 bridgehead atoms. The second-order valence-corrected chi connectivity index (χ2v) is 5.49. The number of carbonyl (C=O) groups excluding carboxylic acids is 4. The summed E-state index contributed by atoms with van der Waals surface area (Å²) >= 11 is 0. The SMILES string of the molecule is COC(=O)[C@H](C)N1CCN(C(=O)CN2C(=O)CCC2=O)CC1. The largest absolute Gasteiger partial charge is 0.468 e. The molecule has 0 N–H and O–H groups in total. The molecule has 0 aromatic carbocycles. The van der Waals surface area contributed by atoms with E-state index < -0.39 is 0 Å². The molecule has 2 aliphatic rings. The molecule has 2 saturated heterocycles. The highest BCUT2D eigenvalue weighted by Crippen LogP contribution is 2.13.